The minimum atomic E-state index is -4.41. The molecule has 7 heteroatoms. The number of nitrogens with zero attached hydrogens (tertiary/aromatic N) is 1. The molecule has 0 bridgehead atoms. The number of hydrogen-bond acceptors (Lipinski definition) is 2. The fraction of sp³-hybridized carbons (Fsp3) is 0.333. The SMILES string of the molecule is CCC(C#N)NC(=O)Nc1ccc(C(F)(F)F)cc1. The normalized spacial score (nSPS) is 12.4. The van der Waals surface area contributed by atoms with Crippen LogP contribution in [-0.4, -0.2) is 12.1 Å². The predicted molar refractivity (Wildman–Crippen MR) is 63.3 cm³/mol. The molecular weight excluding hydrogens is 259 g/mol. The van der Waals surface area contributed by atoms with Crippen molar-refractivity contribution in [3.05, 3.63) is 29.8 Å². The van der Waals surface area contributed by atoms with Gasteiger partial charge in [0, 0.05) is 5.69 Å². The second kappa shape index (κ2) is 6.09. The van der Waals surface area contributed by atoms with Crippen molar-refractivity contribution in [3.63, 3.8) is 0 Å². The summed E-state index contributed by atoms with van der Waals surface area (Å²) in [5.41, 5.74) is -0.569. The van der Waals surface area contributed by atoms with Gasteiger partial charge in [-0.05, 0) is 30.7 Å². The molecule has 0 spiro atoms. The Morgan fingerprint density at radius 3 is 2.37 bits per heavy atom. The molecule has 0 aromatic heterocycles. The summed E-state index contributed by atoms with van der Waals surface area (Å²) in [7, 11) is 0. The second-order valence-electron chi connectivity index (χ2n) is 3.76. The number of carbonyl (C=O) groups excluding carboxylic acids is 1. The number of nitrogens with one attached hydrogen (secondary N) is 2. The van der Waals surface area contributed by atoms with Gasteiger partial charge in [0.1, 0.15) is 6.04 Å². The number of nitriles is 1. The smallest absolute Gasteiger partial charge is 0.322 e. The minimum Gasteiger partial charge on any atom is -0.322 e. The quantitative estimate of drug-likeness (QED) is 0.887. The molecule has 0 heterocycles. The van der Waals surface area contributed by atoms with Crippen molar-refractivity contribution in [2.75, 3.05) is 5.32 Å². The van der Waals surface area contributed by atoms with Crippen molar-refractivity contribution in [3.8, 4) is 6.07 Å². The molecule has 0 fully saturated rings. The Morgan fingerprint density at radius 1 is 1.37 bits per heavy atom. The summed E-state index contributed by atoms with van der Waals surface area (Å²) in [6.45, 7) is 1.73. The first-order valence-electron chi connectivity index (χ1n) is 5.51. The first kappa shape index (κ1) is 14.8. The van der Waals surface area contributed by atoms with Gasteiger partial charge in [-0.1, -0.05) is 6.92 Å². The number of halogens is 3. The van der Waals surface area contributed by atoms with E-state index in [4.69, 9.17) is 5.26 Å². The Balaban J connectivity index is 2.64. The summed E-state index contributed by atoms with van der Waals surface area (Å²) in [6, 6.07) is 4.66. The Labute approximate surface area is 108 Å². The lowest BCUT2D eigenvalue weighted by atomic mass is 10.2. The third-order valence-electron chi connectivity index (χ3n) is 2.34. The van der Waals surface area contributed by atoms with Crippen molar-refractivity contribution in [1.82, 2.24) is 5.32 Å². The van der Waals surface area contributed by atoms with Crippen LogP contribution in [0.3, 0.4) is 0 Å². The van der Waals surface area contributed by atoms with E-state index in [0.717, 1.165) is 24.3 Å². The van der Waals surface area contributed by atoms with E-state index in [2.05, 4.69) is 10.6 Å². The van der Waals surface area contributed by atoms with Crippen LogP contribution in [0.15, 0.2) is 24.3 Å². The molecule has 1 unspecified atom stereocenters. The monoisotopic (exact) mass is 271 g/mol. The van der Waals surface area contributed by atoms with E-state index in [-0.39, 0.29) is 5.69 Å². The molecule has 0 aliphatic heterocycles. The fourth-order valence-corrected chi connectivity index (χ4v) is 1.29. The van der Waals surface area contributed by atoms with E-state index in [1.54, 1.807) is 6.92 Å². The Kier molecular flexibility index (Phi) is 4.75. The highest BCUT2D eigenvalue weighted by molar-refractivity contribution is 5.89. The molecule has 4 nitrogen and oxygen atoms in total. The van der Waals surface area contributed by atoms with Gasteiger partial charge in [0.2, 0.25) is 0 Å². The average Bonchev–Trinajstić information content (AvgIpc) is 2.35. The first-order valence-corrected chi connectivity index (χ1v) is 5.51. The molecule has 0 saturated heterocycles. The zero-order valence-corrected chi connectivity index (χ0v) is 10.1. The van der Waals surface area contributed by atoms with Gasteiger partial charge in [0.15, 0.2) is 0 Å². The molecule has 19 heavy (non-hydrogen) atoms. The molecule has 2 N–H and O–H groups in total. The average molecular weight is 271 g/mol. The van der Waals surface area contributed by atoms with Crippen molar-refractivity contribution in [1.29, 1.82) is 5.26 Å². The van der Waals surface area contributed by atoms with Gasteiger partial charge < -0.3 is 10.6 Å². The lowest BCUT2D eigenvalue weighted by Gasteiger charge is -2.11. The van der Waals surface area contributed by atoms with E-state index >= 15 is 0 Å². The summed E-state index contributed by atoms with van der Waals surface area (Å²) in [5, 5.41) is 13.4. The number of anilines is 1. The van der Waals surface area contributed by atoms with Crippen LogP contribution >= 0.6 is 0 Å². The summed E-state index contributed by atoms with van der Waals surface area (Å²) in [6.07, 6.45) is -3.97. The van der Waals surface area contributed by atoms with Crippen LogP contribution in [0.1, 0.15) is 18.9 Å². The third kappa shape index (κ3) is 4.50. The molecule has 0 saturated carbocycles. The second-order valence-corrected chi connectivity index (χ2v) is 3.76. The molecule has 0 radical (unpaired) electrons. The van der Waals surface area contributed by atoms with Crippen LogP contribution in [-0.2, 0) is 6.18 Å². The summed E-state index contributed by atoms with van der Waals surface area (Å²) in [5.74, 6) is 0. The number of rotatable bonds is 3. The predicted octanol–water partition coefficient (Wildman–Crippen LogP) is 3.13. The minimum absolute atomic E-state index is 0.221. The molecular formula is C12H12F3N3O. The van der Waals surface area contributed by atoms with Gasteiger partial charge in [-0.2, -0.15) is 18.4 Å². The van der Waals surface area contributed by atoms with Crippen LogP contribution in [0.25, 0.3) is 0 Å². The number of benzene rings is 1. The lowest BCUT2D eigenvalue weighted by Crippen LogP contribution is -2.36. The van der Waals surface area contributed by atoms with Crippen molar-refractivity contribution >= 4 is 11.7 Å². The highest BCUT2D eigenvalue weighted by Crippen LogP contribution is 2.29. The van der Waals surface area contributed by atoms with E-state index in [9.17, 15) is 18.0 Å². The molecule has 1 aromatic carbocycles. The highest BCUT2D eigenvalue weighted by Gasteiger charge is 2.29. The number of urea groups is 1. The Morgan fingerprint density at radius 2 is 1.95 bits per heavy atom. The van der Waals surface area contributed by atoms with E-state index in [1.807, 2.05) is 6.07 Å². The van der Waals surface area contributed by atoms with E-state index < -0.39 is 23.8 Å². The van der Waals surface area contributed by atoms with Crippen LogP contribution in [0.2, 0.25) is 0 Å². The van der Waals surface area contributed by atoms with Gasteiger partial charge in [-0.3, -0.25) is 0 Å². The lowest BCUT2D eigenvalue weighted by molar-refractivity contribution is -0.137. The number of hydrogen-bond donors (Lipinski definition) is 2. The fourth-order valence-electron chi connectivity index (χ4n) is 1.29. The summed E-state index contributed by atoms with van der Waals surface area (Å²) >= 11 is 0. The third-order valence-corrected chi connectivity index (χ3v) is 2.34. The number of carbonyl (C=O) groups is 1. The van der Waals surface area contributed by atoms with Gasteiger partial charge in [-0.15, -0.1) is 0 Å². The van der Waals surface area contributed by atoms with Crippen molar-refractivity contribution < 1.29 is 18.0 Å². The van der Waals surface area contributed by atoms with E-state index in [1.165, 1.54) is 0 Å². The number of amides is 2. The molecule has 0 aliphatic rings. The van der Waals surface area contributed by atoms with Crippen LogP contribution in [0.4, 0.5) is 23.7 Å². The Hall–Kier alpha value is -2.23. The summed E-state index contributed by atoms with van der Waals surface area (Å²) < 4.78 is 36.9. The van der Waals surface area contributed by atoms with E-state index in [0.29, 0.717) is 6.42 Å². The maximum absolute atomic E-state index is 12.3. The summed E-state index contributed by atoms with van der Waals surface area (Å²) in [4.78, 5) is 11.4. The number of alkyl halides is 3. The molecule has 1 aromatic rings. The molecule has 2 amide bonds. The van der Waals surface area contributed by atoms with Gasteiger partial charge in [-0.25, -0.2) is 4.79 Å². The molecule has 0 aliphatic carbocycles. The molecule has 1 rings (SSSR count). The molecule has 102 valence electrons. The standard InChI is InChI=1S/C12H12F3N3O/c1-2-9(7-16)17-11(19)18-10-5-3-8(4-6-10)12(13,14)15/h3-6,9H,2H2,1H3,(H2,17,18,19). The van der Waals surface area contributed by atoms with Crippen molar-refractivity contribution in [2.45, 2.75) is 25.6 Å². The topological polar surface area (TPSA) is 64.9 Å². The first-order chi connectivity index (χ1) is 8.86. The van der Waals surface area contributed by atoms with Crippen LogP contribution < -0.4 is 10.6 Å². The maximum atomic E-state index is 12.3. The van der Waals surface area contributed by atoms with Crippen LogP contribution in [0.5, 0.6) is 0 Å². The maximum Gasteiger partial charge on any atom is 0.416 e. The largest absolute Gasteiger partial charge is 0.416 e. The zero-order valence-electron chi connectivity index (χ0n) is 10.1. The highest BCUT2D eigenvalue weighted by atomic mass is 19.4. The molecule has 1 atom stereocenters. The van der Waals surface area contributed by atoms with Gasteiger partial charge in [0.05, 0.1) is 11.6 Å². The van der Waals surface area contributed by atoms with Gasteiger partial charge in [0.25, 0.3) is 0 Å². The van der Waals surface area contributed by atoms with Gasteiger partial charge >= 0.3 is 12.2 Å². The zero-order chi connectivity index (χ0) is 14.5. The van der Waals surface area contributed by atoms with Crippen LogP contribution in [0, 0.1) is 11.3 Å². The van der Waals surface area contributed by atoms with Crippen molar-refractivity contribution in [2.24, 2.45) is 0 Å². The Bertz CT molecular complexity index is 476.